The fraction of sp³-hybridized carbons (Fsp3) is 0.556. The molecule has 1 rings (SSSR count). The topological polar surface area (TPSA) is 58.9 Å². The number of rotatable bonds is 11. The van der Waals surface area contributed by atoms with E-state index in [0.717, 1.165) is 17.7 Å². The Balaban J connectivity index is 2.69. The van der Waals surface area contributed by atoms with Gasteiger partial charge in [-0.1, -0.05) is 31.6 Å². The molecule has 0 bridgehead atoms. The molecule has 0 unspecified atom stereocenters. The quantitative estimate of drug-likeness (QED) is 0.617. The Hall–Kier alpha value is -1.36. The molecule has 4 heteroatoms. The summed E-state index contributed by atoms with van der Waals surface area (Å²) in [5, 5.41) is 19.2. The summed E-state index contributed by atoms with van der Waals surface area (Å²) >= 11 is 0. The number of benzene rings is 1. The maximum atomic E-state index is 9.66. The highest BCUT2D eigenvalue weighted by Crippen LogP contribution is 2.26. The molecule has 0 radical (unpaired) electrons. The van der Waals surface area contributed by atoms with E-state index in [9.17, 15) is 10.2 Å². The van der Waals surface area contributed by atoms with Crippen LogP contribution in [0.4, 0.5) is 0 Å². The van der Waals surface area contributed by atoms with Crippen molar-refractivity contribution >= 4 is 0 Å². The second-order valence-corrected chi connectivity index (χ2v) is 5.42. The molecule has 0 saturated heterocycles. The lowest BCUT2D eigenvalue weighted by molar-refractivity contribution is -0.0547. The zero-order valence-electron chi connectivity index (χ0n) is 13.6. The van der Waals surface area contributed by atoms with E-state index in [1.54, 1.807) is 7.11 Å². The second-order valence-electron chi connectivity index (χ2n) is 5.42. The predicted molar refractivity (Wildman–Crippen MR) is 87.8 cm³/mol. The van der Waals surface area contributed by atoms with Crippen molar-refractivity contribution in [3.05, 3.63) is 42.5 Å². The van der Waals surface area contributed by atoms with Crippen LogP contribution in [0, 0.1) is 11.8 Å². The van der Waals surface area contributed by atoms with Crippen LogP contribution in [0.3, 0.4) is 0 Å². The Morgan fingerprint density at radius 1 is 1.18 bits per heavy atom. The van der Waals surface area contributed by atoms with Gasteiger partial charge >= 0.3 is 0 Å². The maximum Gasteiger partial charge on any atom is 0.118 e. The summed E-state index contributed by atoms with van der Waals surface area (Å²) in [5.74, 6) is 0.972. The first-order chi connectivity index (χ1) is 10.7. The Labute approximate surface area is 133 Å². The lowest BCUT2D eigenvalue weighted by atomic mass is 9.83. The van der Waals surface area contributed by atoms with Crippen LogP contribution < -0.4 is 4.74 Å². The smallest absolute Gasteiger partial charge is 0.118 e. The van der Waals surface area contributed by atoms with E-state index in [0.29, 0.717) is 13.0 Å². The van der Waals surface area contributed by atoms with Crippen LogP contribution in [0.25, 0.3) is 0 Å². The number of allylic oxidation sites excluding steroid dienone is 1. The summed E-state index contributed by atoms with van der Waals surface area (Å²) in [6, 6.07) is 7.66. The summed E-state index contributed by atoms with van der Waals surface area (Å²) in [6.07, 6.45) is 3.07. The molecule has 0 spiro atoms. The third kappa shape index (κ3) is 5.44. The number of hydrogen-bond acceptors (Lipinski definition) is 4. The van der Waals surface area contributed by atoms with Crippen LogP contribution in [-0.2, 0) is 11.3 Å². The van der Waals surface area contributed by atoms with E-state index < -0.39 is 0 Å². The van der Waals surface area contributed by atoms with Gasteiger partial charge in [-0.25, -0.2) is 0 Å². The highest BCUT2D eigenvalue weighted by Gasteiger charge is 2.27. The molecule has 0 amide bonds. The second kappa shape index (κ2) is 10.4. The summed E-state index contributed by atoms with van der Waals surface area (Å²) < 4.78 is 11.0. The Kier molecular flexibility index (Phi) is 8.82. The Bertz CT molecular complexity index is 412. The molecule has 0 saturated carbocycles. The van der Waals surface area contributed by atoms with Crippen molar-refractivity contribution in [3.8, 4) is 5.75 Å². The molecular weight excluding hydrogens is 280 g/mol. The minimum atomic E-state index is -0.308. The fourth-order valence-corrected chi connectivity index (χ4v) is 2.64. The molecule has 0 fully saturated rings. The molecular formula is C18H28O4. The molecule has 0 aliphatic carbocycles. The van der Waals surface area contributed by atoms with Crippen LogP contribution in [0.15, 0.2) is 36.9 Å². The monoisotopic (exact) mass is 308 g/mol. The molecule has 0 aliphatic heterocycles. The fourth-order valence-electron chi connectivity index (χ4n) is 2.64. The third-order valence-electron chi connectivity index (χ3n) is 4.08. The lowest BCUT2D eigenvalue weighted by Gasteiger charge is -2.30. The van der Waals surface area contributed by atoms with E-state index in [1.165, 1.54) is 0 Å². The van der Waals surface area contributed by atoms with E-state index >= 15 is 0 Å². The maximum absolute atomic E-state index is 9.66. The van der Waals surface area contributed by atoms with Gasteiger partial charge in [-0.3, -0.25) is 0 Å². The molecule has 1 aromatic rings. The largest absolute Gasteiger partial charge is 0.497 e. The summed E-state index contributed by atoms with van der Waals surface area (Å²) in [6.45, 7) is 6.26. The molecule has 1 aromatic carbocycles. The van der Waals surface area contributed by atoms with E-state index in [1.807, 2.05) is 37.3 Å². The minimum Gasteiger partial charge on any atom is -0.497 e. The van der Waals surface area contributed by atoms with Gasteiger partial charge in [-0.05, 0) is 36.0 Å². The number of hydrogen-bond donors (Lipinski definition) is 2. The molecule has 22 heavy (non-hydrogen) atoms. The van der Waals surface area contributed by atoms with Crippen LogP contribution in [0.5, 0.6) is 5.75 Å². The van der Waals surface area contributed by atoms with E-state index in [2.05, 4.69) is 6.58 Å². The predicted octanol–water partition coefficient (Wildman–Crippen LogP) is 2.78. The molecule has 3 atom stereocenters. The van der Waals surface area contributed by atoms with Crippen molar-refractivity contribution in [1.82, 2.24) is 0 Å². The van der Waals surface area contributed by atoms with Crippen LogP contribution in [0.2, 0.25) is 0 Å². The molecule has 0 heterocycles. The highest BCUT2D eigenvalue weighted by molar-refractivity contribution is 5.26. The van der Waals surface area contributed by atoms with Crippen molar-refractivity contribution in [2.24, 2.45) is 11.8 Å². The molecule has 0 aliphatic rings. The normalized spacial score (nSPS) is 15.1. The molecule has 124 valence electrons. The first-order valence-corrected chi connectivity index (χ1v) is 7.77. The van der Waals surface area contributed by atoms with Gasteiger partial charge in [0.15, 0.2) is 0 Å². The van der Waals surface area contributed by atoms with Gasteiger partial charge < -0.3 is 19.7 Å². The van der Waals surface area contributed by atoms with Gasteiger partial charge in [-0.2, -0.15) is 0 Å². The van der Waals surface area contributed by atoms with Gasteiger partial charge in [0.2, 0.25) is 0 Å². The molecule has 2 N–H and O–H groups in total. The third-order valence-corrected chi connectivity index (χ3v) is 4.08. The first kappa shape index (κ1) is 18.7. The number of aliphatic hydroxyl groups is 2. The van der Waals surface area contributed by atoms with Gasteiger partial charge in [0, 0.05) is 6.61 Å². The SMILES string of the molecule is C=CC[C@H]([C@@H](CC)CO)[C@H](CO)OCc1ccc(OC)cc1. The van der Waals surface area contributed by atoms with Crippen molar-refractivity contribution in [1.29, 1.82) is 0 Å². The minimum absolute atomic E-state index is 0.0643. The Morgan fingerprint density at radius 3 is 2.32 bits per heavy atom. The lowest BCUT2D eigenvalue weighted by Crippen LogP contribution is -2.34. The van der Waals surface area contributed by atoms with Gasteiger partial charge in [0.1, 0.15) is 5.75 Å². The van der Waals surface area contributed by atoms with Crippen LogP contribution in [-0.4, -0.2) is 36.6 Å². The number of ether oxygens (including phenoxy) is 2. The van der Waals surface area contributed by atoms with Crippen LogP contribution in [0.1, 0.15) is 25.3 Å². The summed E-state index contributed by atoms with van der Waals surface area (Å²) in [4.78, 5) is 0. The number of methoxy groups -OCH3 is 1. The average Bonchev–Trinajstić information content (AvgIpc) is 2.57. The van der Waals surface area contributed by atoms with Crippen molar-refractivity contribution in [2.75, 3.05) is 20.3 Å². The van der Waals surface area contributed by atoms with Crippen LogP contribution >= 0.6 is 0 Å². The van der Waals surface area contributed by atoms with E-state index in [4.69, 9.17) is 9.47 Å². The highest BCUT2D eigenvalue weighted by atomic mass is 16.5. The standard InChI is InChI=1S/C18H28O4/c1-4-6-17(15(5-2)11-19)18(12-20)22-13-14-7-9-16(21-3)10-8-14/h4,7-10,15,17-20H,1,5-6,11-13H2,2-3H3/t15-,17+,18-/m0/s1. The molecule has 4 nitrogen and oxygen atoms in total. The zero-order valence-corrected chi connectivity index (χ0v) is 13.6. The van der Waals surface area contributed by atoms with Gasteiger partial charge in [-0.15, -0.1) is 6.58 Å². The van der Waals surface area contributed by atoms with Gasteiger partial charge in [0.25, 0.3) is 0 Å². The molecule has 0 aromatic heterocycles. The van der Waals surface area contributed by atoms with Gasteiger partial charge in [0.05, 0.1) is 26.4 Å². The van der Waals surface area contributed by atoms with E-state index in [-0.39, 0.29) is 31.2 Å². The van der Waals surface area contributed by atoms with Crippen molar-refractivity contribution < 1.29 is 19.7 Å². The van der Waals surface area contributed by atoms with Crippen molar-refractivity contribution in [3.63, 3.8) is 0 Å². The van der Waals surface area contributed by atoms with Crippen molar-refractivity contribution in [2.45, 2.75) is 32.5 Å². The average molecular weight is 308 g/mol. The Morgan fingerprint density at radius 2 is 1.86 bits per heavy atom. The summed E-state index contributed by atoms with van der Waals surface area (Å²) in [7, 11) is 1.63. The zero-order chi connectivity index (χ0) is 16.4. The first-order valence-electron chi connectivity index (χ1n) is 7.77. The number of aliphatic hydroxyl groups excluding tert-OH is 2. The summed E-state index contributed by atoms with van der Waals surface area (Å²) in [5.41, 5.74) is 1.02.